The van der Waals surface area contributed by atoms with Gasteiger partial charge in [-0.05, 0) is 38.5 Å². The Morgan fingerprint density at radius 3 is 1.50 bits per heavy atom. The number of benzene rings is 4. The van der Waals surface area contributed by atoms with E-state index in [1.165, 1.54) is 27.1 Å². The summed E-state index contributed by atoms with van der Waals surface area (Å²) in [7, 11) is -2.55. The largest absolute Gasteiger partial charge is 0.403 e. The lowest BCUT2D eigenvalue weighted by molar-refractivity contribution is 0.285. The van der Waals surface area contributed by atoms with Crippen molar-refractivity contribution >= 4 is 18.7 Å². The van der Waals surface area contributed by atoms with Gasteiger partial charge in [0, 0.05) is 0 Å². The monoisotopic (exact) mass is 436 g/mol. The second-order valence-electron chi connectivity index (χ2n) is 9.38. The van der Waals surface area contributed by atoms with Crippen LogP contribution >= 0.6 is 0 Å². The maximum Gasteiger partial charge on any atom is 0.261 e. The maximum absolute atomic E-state index is 7.17. The van der Waals surface area contributed by atoms with Gasteiger partial charge in [-0.3, -0.25) is 0 Å². The third kappa shape index (κ3) is 4.62. The summed E-state index contributed by atoms with van der Waals surface area (Å²) in [5.74, 6) is 0. The Labute approximate surface area is 193 Å². The number of hydrogen-bond acceptors (Lipinski definition) is 1. The smallest absolute Gasteiger partial charge is 0.261 e. The number of hydrogen-bond donors (Lipinski definition) is 0. The van der Waals surface area contributed by atoms with Crippen molar-refractivity contribution in [3.05, 3.63) is 132 Å². The van der Waals surface area contributed by atoms with Crippen LogP contribution in [0.4, 0.5) is 0 Å². The molecule has 0 aliphatic rings. The predicted molar refractivity (Wildman–Crippen MR) is 138 cm³/mol. The lowest BCUT2D eigenvalue weighted by atomic mass is 10.0. The molecule has 0 amide bonds. The molecule has 0 bridgehead atoms. The molecule has 0 aliphatic carbocycles. The first kappa shape index (κ1) is 22.3. The van der Waals surface area contributed by atoms with Crippen molar-refractivity contribution < 1.29 is 4.43 Å². The fourth-order valence-electron chi connectivity index (χ4n) is 4.63. The van der Waals surface area contributed by atoms with Crippen molar-refractivity contribution in [2.24, 2.45) is 0 Å². The van der Waals surface area contributed by atoms with E-state index in [4.69, 9.17) is 4.43 Å². The van der Waals surface area contributed by atoms with Crippen LogP contribution in [0.5, 0.6) is 0 Å². The van der Waals surface area contributed by atoms with Gasteiger partial charge in [-0.2, -0.15) is 0 Å². The van der Waals surface area contributed by atoms with Gasteiger partial charge in [-0.25, -0.2) is 0 Å². The van der Waals surface area contributed by atoms with E-state index in [1.807, 2.05) is 0 Å². The van der Waals surface area contributed by atoms with Crippen LogP contribution in [0.15, 0.2) is 115 Å². The molecular formula is C30H32OSi. The van der Waals surface area contributed by atoms with Gasteiger partial charge in [0.25, 0.3) is 8.32 Å². The van der Waals surface area contributed by atoms with E-state index in [-0.39, 0.29) is 5.04 Å². The number of rotatable bonds is 7. The molecule has 1 nitrogen and oxygen atoms in total. The molecule has 4 aromatic carbocycles. The summed E-state index contributed by atoms with van der Waals surface area (Å²) in [6.07, 6.45) is 0.918. The van der Waals surface area contributed by atoms with Gasteiger partial charge in [0.05, 0.1) is 6.61 Å². The molecule has 0 atom stereocenters. The fraction of sp³-hybridized carbons (Fsp3) is 0.200. The Morgan fingerprint density at radius 1 is 0.562 bits per heavy atom. The molecule has 0 N–H and O–H groups in total. The Hall–Kier alpha value is -2.94. The highest BCUT2D eigenvalue weighted by Crippen LogP contribution is 2.37. The summed E-state index contributed by atoms with van der Waals surface area (Å²) in [6, 6.07) is 41.1. The summed E-state index contributed by atoms with van der Waals surface area (Å²) in [6.45, 7) is 7.59. The Kier molecular flexibility index (Phi) is 6.74. The van der Waals surface area contributed by atoms with Crippen molar-refractivity contribution in [3.63, 3.8) is 0 Å². The normalized spacial score (nSPS) is 12.0. The van der Waals surface area contributed by atoms with Gasteiger partial charge in [-0.15, -0.1) is 0 Å². The molecule has 0 heterocycles. The standard InChI is InChI=1S/C30H32OSi/c1-30(2,3)32(28-19-9-5-10-20-28,29-21-11-6-12-22-29)31-24-27-18-14-13-17-26(27)23-25-15-7-4-8-16-25/h4-22H,23-24H2,1-3H3. The Bertz CT molecular complexity index is 1080. The molecule has 0 radical (unpaired) electrons. The first-order valence-electron chi connectivity index (χ1n) is 11.4. The summed E-state index contributed by atoms with van der Waals surface area (Å²) < 4.78 is 7.17. The summed E-state index contributed by atoms with van der Waals surface area (Å²) in [5, 5.41) is 2.61. The minimum absolute atomic E-state index is 0.0237. The van der Waals surface area contributed by atoms with Crippen LogP contribution in [0.1, 0.15) is 37.5 Å². The van der Waals surface area contributed by atoms with Crippen molar-refractivity contribution in [1.29, 1.82) is 0 Å². The highest BCUT2D eigenvalue weighted by Gasteiger charge is 2.50. The molecular weight excluding hydrogens is 404 g/mol. The molecule has 0 fully saturated rings. The molecule has 0 aromatic heterocycles. The van der Waals surface area contributed by atoms with Crippen LogP contribution in [-0.4, -0.2) is 8.32 Å². The molecule has 4 rings (SSSR count). The SMILES string of the molecule is CC(C)(C)[Si](OCc1ccccc1Cc1ccccc1)(c1ccccc1)c1ccccc1. The zero-order chi connectivity index (χ0) is 22.4. The van der Waals surface area contributed by atoms with Crippen molar-refractivity contribution in [2.45, 2.75) is 38.8 Å². The van der Waals surface area contributed by atoms with E-state index in [2.05, 4.69) is 136 Å². The topological polar surface area (TPSA) is 9.23 Å². The third-order valence-corrected chi connectivity index (χ3v) is 11.2. The highest BCUT2D eigenvalue weighted by atomic mass is 28.4. The first-order chi connectivity index (χ1) is 15.5. The van der Waals surface area contributed by atoms with E-state index in [0.29, 0.717) is 6.61 Å². The van der Waals surface area contributed by atoms with Crippen molar-refractivity contribution in [3.8, 4) is 0 Å². The van der Waals surface area contributed by atoms with E-state index in [0.717, 1.165) is 6.42 Å². The van der Waals surface area contributed by atoms with Crippen LogP contribution in [0.2, 0.25) is 5.04 Å². The zero-order valence-corrected chi connectivity index (χ0v) is 20.3. The molecule has 0 unspecified atom stereocenters. The van der Waals surface area contributed by atoms with Crippen molar-refractivity contribution in [2.75, 3.05) is 0 Å². The molecule has 0 saturated heterocycles. The Morgan fingerprint density at radius 2 is 1.00 bits per heavy atom. The molecule has 0 aliphatic heterocycles. The fourth-order valence-corrected chi connectivity index (χ4v) is 9.16. The molecule has 4 aromatic rings. The van der Waals surface area contributed by atoms with E-state index in [9.17, 15) is 0 Å². The average Bonchev–Trinajstić information content (AvgIpc) is 2.82. The van der Waals surface area contributed by atoms with Gasteiger partial charge in [0.2, 0.25) is 0 Å². The average molecular weight is 437 g/mol. The van der Waals surface area contributed by atoms with Gasteiger partial charge in [-0.1, -0.05) is 136 Å². The quantitative estimate of drug-likeness (QED) is 0.307. The predicted octanol–water partition coefficient (Wildman–Crippen LogP) is 6.35. The van der Waals surface area contributed by atoms with Crippen LogP contribution in [-0.2, 0) is 17.5 Å². The minimum Gasteiger partial charge on any atom is -0.403 e. The van der Waals surface area contributed by atoms with Gasteiger partial charge >= 0.3 is 0 Å². The first-order valence-corrected chi connectivity index (χ1v) is 13.3. The van der Waals surface area contributed by atoms with Gasteiger partial charge in [0.15, 0.2) is 0 Å². The van der Waals surface area contributed by atoms with E-state index >= 15 is 0 Å². The molecule has 162 valence electrons. The summed E-state index contributed by atoms with van der Waals surface area (Å²) >= 11 is 0. The Balaban J connectivity index is 1.74. The molecule has 0 spiro atoms. The van der Waals surface area contributed by atoms with Gasteiger partial charge < -0.3 is 4.43 Å². The summed E-state index contributed by atoms with van der Waals surface area (Å²) in [5.41, 5.74) is 3.92. The summed E-state index contributed by atoms with van der Waals surface area (Å²) in [4.78, 5) is 0. The van der Waals surface area contributed by atoms with Gasteiger partial charge in [0.1, 0.15) is 0 Å². The lowest BCUT2D eigenvalue weighted by Gasteiger charge is -2.43. The second kappa shape index (κ2) is 9.68. The maximum atomic E-state index is 7.17. The zero-order valence-electron chi connectivity index (χ0n) is 19.3. The van der Waals surface area contributed by atoms with E-state index in [1.54, 1.807) is 0 Å². The molecule has 32 heavy (non-hydrogen) atoms. The van der Waals surface area contributed by atoms with E-state index < -0.39 is 8.32 Å². The highest BCUT2D eigenvalue weighted by molar-refractivity contribution is 6.99. The minimum atomic E-state index is -2.55. The molecule has 0 saturated carbocycles. The van der Waals surface area contributed by atoms with Crippen LogP contribution in [0.25, 0.3) is 0 Å². The van der Waals surface area contributed by atoms with Crippen LogP contribution in [0.3, 0.4) is 0 Å². The third-order valence-electron chi connectivity index (χ3n) is 6.22. The molecule has 2 heteroatoms. The lowest BCUT2D eigenvalue weighted by Crippen LogP contribution is -2.66. The second-order valence-corrected chi connectivity index (χ2v) is 13.7. The van der Waals surface area contributed by atoms with Crippen LogP contribution in [0, 0.1) is 0 Å². The van der Waals surface area contributed by atoms with Crippen LogP contribution < -0.4 is 10.4 Å². The van der Waals surface area contributed by atoms with Crippen molar-refractivity contribution in [1.82, 2.24) is 0 Å².